The Labute approximate surface area is 445 Å². The zero-order valence-corrected chi connectivity index (χ0v) is 42.2. The van der Waals surface area contributed by atoms with Crippen LogP contribution in [0.2, 0.25) is 0 Å². The summed E-state index contributed by atoms with van der Waals surface area (Å²) < 4.78 is 5.04. The Morgan fingerprint density at radius 1 is 0.303 bits per heavy atom. The molecule has 0 bridgehead atoms. The first-order valence-electron chi connectivity index (χ1n) is 26.2. The van der Waals surface area contributed by atoms with Gasteiger partial charge in [-0.2, -0.15) is 0 Å². The number of para-hydroxylation sites is 2. The first kappa shape index (κ1) is 42.9. The molecular weight excluding hydrogens is 937 g/mol. The van der Waals surface area contributed by atoms with E-state index >= 15 is 0 Å². The molecule has 2 aliphatic rings. The van der Waals surface area contributed by atoms with Crippen molar-refractivity contribution >= 4 is 70.4 Å². The van der Waals surface area contributed by atoms with E-state index in [2.05, 4.69) is 289 Å². The van der Waals surface area contributed by atoms with Crippen LogP contribution in [0.25, 0.3) is 103 Å². The maximum Gasteiger partial charge on any atom is 0.0731 e. The lowest BCUT2D eigenvalue weighted by atomic mass is 9.68. The molecule has 3 heteroatoms. The van der Waals surface area contributed by atoms with E-state index in [-0.39, 0.29) is 0 Å². The number of aromatic nitrogens is 1. The van der Waals surface area contributed by atoms with Crippen molar-refractivity contribution in [1.82, 2.24) is 4.57 Å². The van der Waals surface area contributed by atoms with Gasteiger partial charge in [0.1, 0.15) is 0 Å². The number of hydrogen-bond donors (Lipinski definition) is 0. The zero-order chi connectivity index (χ0) is 49.9. The van der Waals surface area contributed by atoms with Gasteiger partial charge in [-0.05, 0) is 151 Å². The van der Waals surface area contributed by atoms with Crippen LogP contribution in [-0.2, 0) is 5.41 Å². The number of nitrogens with zero attached hydrogens (tertiary/aromatic N) is 2. The molecule has 2 nitrogen and oxygen atoms in total. The highest BCUT2D eigenvalue weighted by molar-refractivity contribution is 7.26. The lowest BCUT2D eigenvalue weighted by molar-refractivity contribution is 0.796. The first-order valence-corrected chi connectivity index (χ1v) is 27.1. The smallest absolute Gasteiger partial charge is 0.0731 e. The minimum absolute atomic E-state index is 0.496. The Bertz CT molecular complexity index is 4550. The fraction of sp³-hybridized carbons (Fsp3) is 0.0137. The second kappa shape index (κ2) is 16.7. The number of anilines is 3. The minimum Gasteiger partial charge on any atom is -0.311 e. The highest BCUT2D eigenvalue weighted by Crippen LogP contribution is 2.66. The molecule has 2 heterocycles. The second-order valence-corrected chi connectivity index (χ2v) is 21.4. The Kier molecular flexibility index (Phi) is 9.45. The predicted molar refractivity (Wildman–Crippen MR) is 321 cm³/mol. The molecule has 1 atom stereocenters. The van der Waals surface area contributed by atoms with Crippen LogP contribution in [0.15, 0.2) is 279 Å². The second-order valence-electron chi connectivity index (χ2n) is 20.3. The van der Waals surface area contributed by atoms with Gasteiger partial charge in [0.25, 0.3) is 0 Å². The average molecular weight is 983 g/mol. The summed E-state index contributed by atoms with van der Waals surface area (Å²) in [4.78, 5) is 2.39. The van der Waals surface area contributed by atoms with E-state index in [9.17, 15) is 0 Å². The molecule has 0 saturated heterocycles. The number of hydrogen-bond acceptors (Lipinski definition) is 2. The fourth-order valence-electron chi connectivity index (χ4n) is 13.2. The maximum atomic E-state index is 2.45. The van der Waals surface area contributed by atoms with E-state index in [1.54, 1.807) is 0 Å². The molecule has 1 unspecified atom stereocenters. The van der Waals surface area contributed by atoms with Crippen molar-refractivity contribution < 1.29 is 0 Å². The van der Waals surface area contributed by atoms with Gasteiger partial charge in [0.15, 0.2) is 0 Å². The molecule has 0 radical (unpaired) electrons. The minimum atomic E-state index is -0.496. The molecule has 12 aromatic carbocycles. The van der Waals surface area contributed by atoms with Crippen LogP contribution in [0.3, 0.4) is 0 Å². The third-order valence-corrected chi connectivity index (χ3v) is 17.6. The Morgan fingerprint density at radius 3 is 1.42 bits per heavy atom. The summed E-state index contributed by atoms with van der Waals surface area (Å²) in [6.45, 7) is 0. The number of fused-ring (bicyclic) bond motifs is 17. The monoisotopic (exact) mass is 982 g/mol. The molecule has 2 aliphatic carbocycles. The van der Waals surface area contributed by atoms with Gasteiger partial charge in [-0.25, -0.2) is 0 Å². The zero-order valence-electron chi connectivity index (χ0n) is 41.4. The molecule has 14 aromatic rings. The molecule has 0 fully saturated rings. The molecule has 2 aromatic heterocycles. The van der Waals surface area contributed by atoms with Crippen molar-refractivity contribution in [2.45, 2.75) is 5.41 Å². The summed E-state index contributed by atoms with van der Waals surface area (Å²) in [5.41, 5.74) is 24.3. The van der Waals surface area contributed by atoms with Crippen LogP contribution in [0, 0.1) is 0 Å². The average Bonchev–Trinajstić information content (AvgIpc) is 4.41. The normalized spacial score (nSPS) is 14.1. The number of benzene rings is 12. The van der Waals surface area contributed by atoms with E-state index in [1.165, 1.54) is 120 Å². The predicted octanol–water partition coefficient (Wildman–Crippen LogP) is 20.0. The van der Waals surface area contributed by atoms with Crippen LogP contribution < -0.4 is 4.90 Å². The standard InChI is InChI=1S/C73H46N2S/c1-2-15-47(16-3-1)48-29-37-52(38-30-48)74(53-39-31-49(32-40-53)50-33-41-55(42-34-50)75-66-26-11-6-18-58(66)59-19-7-12-27-67(59)75)54-43-35-51(36-44-54)56-22-14-23-60-57-17-4-9-24-63(57)73(72(56)60)64-25-10-5-20-61(64)70-65(73)45-46-69-71(70)62-21-8-13-28-68(62)76-69/h1-46H. The van der Waals surface area contributed by atoms with Crippen molar-refractivity contribution in [3.63, 3.8) is 0 Å². The molecule has 76 heavy (non-hydrogen) atoms. The lowest BCUT2D eigenvalue weighted by Gasteiger charge is -2.32. The highest BCUT2D eigenvalue weighted by atomic mass is 32.1. The van der Waals surface area contributed by atoms with Gasteiger partial charge in [-0.15, -0.1) is 11.3 Å². The Hall–Kier alpha value is -9.54. The van der Waals surface area contributed by atoms with Gasteiger partial charge in [0.05, 0.1) is 16.4 Å². The fourth-order valence-corrected chi connectivity index (χ4v) is 14.3. The number of rotatable bonds is 7. The summed E-state index contributed by atoms with van der Waals surface area (Å²) in [7, 11) is 0. The third-order valence-electron chi connectivity index (χ3n) is 16.4. The van der Waals surface area contributed by atoms with Crippen molar-refractivity contribution in [2.75, 3.05) is 4.90 Å². The van der Waals surface area contributed by atoms with Crippen molar-refractivity contribution in [1.29, 1.82) is 0 Å². The highest BCUT2D eigenvalue weighted by Gasteiger charge is 2.53. The van der Waals surface area contributed by atoms with Gasteiger partial charge in [-0.1, -0.05) is 206 Å². The van der Waals surface area contributed by atoms with E-state index in [4.69, 9.17) is 0 Å². The van der Waals surface area contributed by atoms with Gasteiger partial charge in [-0.3, -0.25) is 0 Å². The van der Waals surface area contributed by atoms with E-state index in [0.717, 1.165) is 22.7 Å². The summed E-state index contributed by atoms with van der Waals surface area (Å²) in [5.74, 6) is 0. The number of thiophene rings is 1. The molecule has 16 rings (SSSR count). The molecular formula is C73H46N2S. The van der Waals surface area contributed by atoms with E-state index in [1.807, 2.05) is 11.3 Å². The van der Waals surface area contributed by atoms with Gasteiger partial charge in [0.2, 0.25) is 0 Å². The summed E-state index contributed by atoms with van der Waals surface area (Å²) in [5, 5.41) is 5.24. The van der Waals surface area contributed by atoms with Gasteiger partial charge < -0.3 is 9.47 Å². The van der Waals surface area contributed by atoms with Crippen LogP contribution in [0.4, 0.5) is 17.1 Å². The first-order chi connectivity index (χ1) is 37.7. The molecule has 0 N–H and O–H groups in total. The quantitative estimate of drug-likeness (QED) is 0.154. The molecule has 0 aliphatic heterocycles. The maximum absolute atomic E-state index is 2.45. The van der Waals surface area contributed by atoms with Crippen LogP contribution in [0.1, 0.15) is 22.3 Å². The molecule has 0 amide bonds. The topological polar surface area (TPSA) is 8.17 Å². The van der Waals surface area contributed by atoms with E-state index in [0.29, 0.717) is 0 Å². The molecule has 354 valence electrons. The van der Waals surface area contributed by atoms with Crippen molar-refractivity contribution in [2.24, 2.45) is 0 Å². The van der Waals surface area contributed by atoms with Crippen LogP contribution in [-0.4, -0.2) is 4.57 Å². The van der Waals surface area contributed by atoms with Gasteiger partial charge in [0, 0.05) is 53.7 Å². The molecule has 1 spiro atoms. The van der Waals surface area contributed by atoms with Crippen LogP contribution >= 0.6 is 11.3 Å². The van der Waals surface area contributed by atoms with E-state index < -0.39 is 5.41 Å². The Balaban J connectivity index is 0.808. The lowest BCUT2D eigenvalue weighted by Crippen LogP contribution is -2.26. The molecule has 0 saturated carbocycles. The SMILES string of the molecule is c1ccc(-c2ccc(N(c3ccc(-c4ccc(-n5c6ccccc6c6ccccc65)cc4)cc3)c3ccc(-c4cccc5c4C4(c6ccccc6-5)c5ccccc5-c5c4ccc4sc6ccccc6c54)cc3)cc2)cc1. The summed E-state index contributed by atoms with van der Waals surface area (Å²) >= 11 is 1.90. The van der Waals surface area contributed by atoms with Crippen molar-refractivity contribution in [3.05, 3.63) is 301 Å². The Morgan fingerprint density at radius 2 is 0.776 bits per heavy atom. The summed E-state index contributed by atoms with van der Waals surface area (Å²) in [6.07, 6.45) is 0. The summed E-state index contributed by atoms with van der Waals surface area (Å²) in [6, 6.07) is 104. The van der Waals surface area contributed by atoms with Gasteiger partial charge >= 0.3 is 0 Å². The van der Waals surface area contributed by atoms with Crippen LogP contribution in [0.5, 0.6) is 0 Å². The van der Waals surface area contributed by atoms with Crippen molar-refractivity contribution in [3.8, 4) is 61.3 Å². The largest absolute Gasteiger partial charge is 0.311 e. The third kappa shape index (κ3) is 6.21.